The highest BCUT2D eigenvalue weighted by molar-refractivity contribution is 5.71. The molecule has 0 amide bonds. The Bertz CT molecular complexity index is 816. The van der Waals surface area contributed by atoms with Crippen molar-refractivity contribution in [3.63, 3.8) is 0 Å². The van der Waals surface area contributed by atoms with Gasteiger partial charge in [-0.25, -0.2) is 9.59 Å². The van der Waals surface area contributed by atoms with Gasteiger partial charge in [0.1, 0.15) is 11.5 Å². The summed E-state index contributed by atoms with van der Waals surface area (Å²) in [6.07, 6.45) is -1.23. The lowest BCUT2D eigenvalue weighted by atomic mass is 9.78. The zero-order valence-electron chi connectivity index (χ0n) is 20.0. The molecule has 0 saturated carbocycles. The number of carbonyl (C=O) groups is 2. The van der Waals surface area contributed by atoms with Crippen LogP contribution in [0.4, 0.5) is 0 Å². The Morgan fingerprint density at radius 2 is 1.03 bits per heavy atom. The molecule has 180 valence electrons. The van der Waals surface area contributed by atoms with Gasteiger partial charge in [-0.2, -0.15) is 0 Å². The van der Waals surface area contributed by atoms with Crippen molar-refractivity contribution in [3.05, 3.63) is 59.7 Å². The quantitative estimate of drug-likeness (QED) is 0.349. The van der Waals surface area contributed by atoms with Crippen LogP contribution in [0.15, 0.2) is 48.5 Å². The van der Waals surface area contributed by atoms with E-state index >= 15 is 0 Å². The molecule has 2 aromatic rings. The van der Waals surface area contributed by atoms with Gasteiger partial charge in [0.2, 0.25) is 0 Å². The Balaban J connectivity index is 1.94. The van der Waals surface area contributed by atoms with E-state index in [-0.39, 0.29) is 18.6 Å². The Morgan fingerprint density at radius 3 is 1.33 bits per heavy atom. The third-order valence-electron chi connectivity index (χ3n) is 5.12. The molecule has 0 spiro atoms. The zero-order valence-corrected chi connectivity index (χ0v) is 20.0. The number of ether oxygens (including phenoxy) is 6. The highest BCUT2D eigenvalue weighted by Crippen LogP contribution is 2.33. The standard InChI is InChI=1S/C25H32O8/c1-17(28-5)32-23(26)15-30-21-11-7-19(8-12-21)25(3,4)20-9-13-22(14-10-20)31-16-24(27)33-18(2)29-6/h7-14,17-18H,15-16H2,1-6H3. The summed E-state index contributed by atoms with van der Waals surface area (Å²) in [5.74, 6) is 0.125. The van der Waals surface area contributed by atoms with Crippen LogP contribution in [0.5, 0.6) is 11.5 Å². The SMILES string of the molecule is COC(C)OC(=O)COc1ccc(C(C)(C)c2ccc(OCC(=O)OC(C)OC)cc2)cc1. The molecule has 0 aliphatic rings. The fourth-order valence-corrected chi connectivity index (χ4v) is 2.92. The van der Waals surface area contributed by atoms with Crippen LogP contribution in [0.1, 0.15) is 38.8 Å². The molecule has 2 atom stereocenters. The van der Waals surface area contributed by atoms with Crippen molar-refractivity contribution >= 4 is 11.9 Å². The molecule has 33 heavy (non-hydrogen) atoms. The second kappa shape index (κ2) is 12.2. The van der Waals surface area contributed by atoms with Crippen molar-refractivity contribution in [2.45, 2.75) is 45.7 Å². The molecular weight excluding hydrogens is 428 g/mol. The second-order valence-corrected chi connectivity index (χ2v) is 7.84. The van der Waals surface area contributed by atoms with E-state index in [1.54, 1.807) is 13.8 Å². The van der Waals surface area contributed by atoms with Crippen molar-refractivity contribution in [2.75, 3.05) is 27.4 Å². The fourth-order valence-electron chi connectivity index (χ4n) is 2.92. The van der Waals surface area contributed by atoms with Crippen molar-refractivity contribution in [3.8, 4) is 11.5 Å². The van der Waals surface area contributed by atoms with Gasteiger partial charge in [0.05, 0.1) is 0 Å². The van der Waals surface area contributed by atoms with E-state index < -0.39 is 24.5 Å². The first-order valence-electron chi connectivity index (χ1n) is 10.6. The lowest BCUT2D eigenvalue weighted by Crippen LogP contribution is -2.22. The van der Waals surface area contributed by atoms with Crippen LogP contribution >= 0.6 is 0 Å². The minimum Gasteiger partial charge on any atom is -0.482 e. The van der Waals surface area contributed by atoms with Gasteiger partial charge in [-0.1, -0.05) is 38.1 Å². The zero-order chi connectivity index (χ0) is 24.4. The minimum atomic E-state index is -0.616. The van der Waals surface area contributed by atoms with E-state index in [1.165, 1.54) is 14.2 Å². The van der Waals surface area contributed by atoms with Gasteiger partial charge in [-0.3, -0.25) is 0 Å². The molecule has 0 radical (unpaired) electrons. The van der Waals surface area contributed by atoms with Crippen LogP contribution in [-0.4, -0.2) is 52.0 Å². The van der Waals surface area contributed by atoms with E-state index in [9.17, 15) is 9.59 Å². The fraction of sp³-hybridized carbons (Fsp3) is 0.440. The lowest BCUT2D eigenvalue weighted by molar-refractivity contribution is -0.173. The number of hydrogen-bond donors (Lipinski definition) is 0. The molecule has 0 N–H and O–H groups in total. The monoisotopic (exact) mass is 460 g/mol. The predicted molar refractivity (Wildman–Crippen MR) is 121 cm³/mol. The molecule has 0 fully saturated rings. The first kappa shape index (κ1) is 26.2. The first-order chi connectivity index (χ1) is 15.6. The molecule has 2 aromatic carbocycles. The number of benzene rings is 2. The van der Waals surface area contributed by atoms with Crippen molar-refractivity contribution < 1.29 is 38.0 Å². The van der Waals surface area contributed by atoms with Crippen LogP contribution in [0.2, 0.25) is 0 Å². The lowest BCUT2D eigenvalue weighted by Gasteiger charge is -2.26. The summed E-state index contributed by atoms with van der Waals surface area (Å²) < 4.78 is 30.7. The Kier molecular flexibility index (Phi) is 9.69. The summed E-state index contributed by atoms with van der Waals surface area (Å²) >= 11 is 0. The highest BCUT2D eigenvalue weighted by Gasteiger charge is 2.23. The maximum Gasteiger partial charge on any atom is 0.346 e. The van der Waals surface area contributed by atoms with Gasteiger partial charge in [0.15, 0.2) is 25.8 Å². The maximum atomic E-state index is 11.7. The van der Waals surface area contributed by atoms with Crippen LogP contribution in [0.3, 0.4) is 0 Å². The predicted octanol–water partition coefficient (Wildman–Crippen LogP) is 3.84. The average molecular weight is 461 g/mol. The summed E-state index contributed by atoms with van der Waals surface area (Å²) in [5, 5.41) is 0. The maximum absolute atomic E-state index is 11.7. The molecule has 0 saturated heterocycles. The van der Waals surface area contributed by atoms with Crippen molar-refractivity contribution in [1.29, 1.82) is 0 Å². The molecule has 0 heterocycles. The van der Waals surface area contributed by atoms with E-state index in [0.29, 0.717) is 11.5 Å². The number of methoxy groups -OCH3 is 2. The van der Waals surface area contributed by atoms with Crippen molar-refractivity contribution in [1.82, 2.24) is 0 Å². The minimum absolute atomic E-state index is 0.199. The van der Waals surface area contributed by atoms with E-state index in [0.717, 1.165) is 11.1 Å². The molecule has 0 aromatic heterocycles. The van der Waals surface area contributed by atoms with Gasteiger partial charge in [-0.15, -0.1) is 0 Å². The van der Waals surface area contributed by atoms with Gasteiger partial charge in [0, 0.05) is 19.6 Å². The van der Waals surface area contributed by atoms with Gasteiger partial charge in [0.25, 0.3) is 0 Å². The Hall–Kier alpha value is -3.10. The molecular formula is C25H32O8. The number of esters is 2. The topological polar surface area (TPSA) is 89.5 Å². The summed E-state index contributed by atoms with van der Waals surface area (Å²) in [6.45, 7) is 7.07. The molecule has 8 heteroatoms. The second-order valence-electron chi connectivity index (χ2n) is 7.84. The molecule has 0 aliphatic heterocycles. The van der Waals surface area contributed by atoms with Gasteiger partial charge in [-0.05, 0) is 49.2 Å². The van der Waals surface area contributed by atoms with Crippen LogP contribution in [-0.2, 0) is 34.0 Å². The number of rotatable bonds is 12. The average Bonchev–Trinajstić information content (AvgIpc) is 2.81. The first-order valence-corrected chi connectivity index (χ1v) is 10.6. The third-order valence-corrected chi connectivity index (χ3v) is 5.12. The highest BCUT2D eigenvalue weighted by atomic mass is 16.7. The third kappa shape index (κ3) is 8.07. The summed E-state index contributed by atoms with van der Waals surface area (Å²) in [4.78, 5) is 23.4. The summed E-state index contributed by atoms with van der Waals surface area (Å²) in [5.41, 5.74) is 1.84. The van der Waals surface area contributed by atoms with Gasteiger partial charge < -0.3 is 28.4 Å². The van der Waals surface area contributed by atoms with Crippen LogP contribution < -0.4 is 9.47 Å². The Morgan fingerprint density at radius 1 is 0.697 bits per heavy atom. The smallest absolute Gasteiger partial charge is 0.346 e. The molecule has 0 aliphatic carbocycles. The Labute approximate surface area is 194 Å². The molecule has 8 nitrogen and oxygen atoms in total. The largest absolute Gasteiger partial charge is 0.482 e. The number of hydrogen-bond acceptors (Lipinski definition) is 8. The van der Waals surface area contributed by atoms with Gasteiger partial charge >= 0.3 is 11.9 Å². The van der Waals surface area contributed by atoms with E-state index in [2.05, 4.69) is 13.8 Å². The summed E-state index contributed by atoms with van der Waals surface area (Å²) in [6, 6.07) is 15.1. The molecule has 2 unspecified atom stereocenters. The normalized spacial score (nSPS) is 13.0. The number of carbonyl (C=O) groups excluding carboxylic acids is 2. The molecule has 2 rings (SSSR count). The van der Waals surface area contributed by atoms with E-state index in [1.807, 2.05) is 48.5 Å². The van der Waals surface area contributed by atoms with E-state index in [4.69, 9.17) is 28.4 Å². The molecule has 0 bridgehead atoms. The van der Waals surface area contributed by atoms with Crippen LogP contribution in [0, 0.1) is 0 Å². The summed E-state index contributed by atoms with van der Waals surface area (Å²) in [7, 11) is 2.92. The van der Waals surface area contributed by atoms with Crippen molar-refractivity contribution in [2.24, 2.45) is 0 Å². The van der Waals surface area contributed by atoms with Crippen LogP contribution in [0.25, 0.3) is 0 Å².